The normalized spacial score (nSPS) is 15.5. The predicted molar refractivity (Wildman–Crippen MR) is 203 cm³/mol. The molecule has 0 amide bonds. The summed E-state index contributed by atoms with van der Waals surface area (Å²) in [5.74, 6) is 0.169. The molecular weight excluding hydrogens is 829 g/mol. The number of benzene rings is 4. The largest absolute Gasteiger partial charge is 1.00 e. The van der Waals surface area contributed by atoms with E-state index in [0.29, 0.717) is 20.8 Å². The van der Waals surface area contributed by atoms with Crippen molar-refractivity contribution >= 4 is 6.48 Å². The van der Waals surface area contributed by atoms with E-state index in [4.69, 9.17) is 0 Å². The molecule has 0 N–H and O–H groups in total. The Morgan fingerprint density at radius 2 is 1.20 bits per heavy atom. The molecule has 2 aliphatic rings. The third-order valence-electron chi connectivity index (χ3n) is 10.8. The average Bonchev–Trinajstić information content (AvgIpc) is 3.57. The van der Waals surface area contributed by atoms with E-state index in [1.165, 1.54) is 32.1 Å². The van der Waals surface area contributed by atoms with Crippen molar-refractivity contribution in [3.05, 3.63) is 144 Å². The summed E-state index contributed by atoms with van der Waals surface area (Å²) in [6.07, 6.45) is -6.33. The van der Waals surface area contributed by atoms with Gasteiger partial charge in [0, 0.05) is 0 Å². The van der Waals surface area contributed by atoms with Crippen molar-refractivity contribution in [3.63, 3.8) is 0 Å². The number of alkyl halides is 6. The van der Waals surface area contributed by atoms with Gasteiger partial charge in [0.2, 0.25) is 0 Å². The first-order chi connectivity index (χ1) is 24.5. The molecule has 0 aromatic heterocycles. The maximum Gasteiger partial charge on any atom is -1.00 e. The Balaban J connectivity index is 0.00000336. The molecule has 4 aromatic carbocycles. The first kappa shape index (κ1) is 45.0. The van der Waals surface area contributed by atoms with Crippen LogP contribution in [0.5, 0.6) is 0 Å². The molecule has 0 radical (unpaired) electrons. The minimum Gasteiger partial charge on any atom is -1.00 e. The molecule has 0 aliphatic heterocycles. The van der Waals surface area contributed by atoms with Gasteiger partial charge in [0.05, 0.1) is 0 Å². The predicted octanol–water partition coefficient (Wildman–Crippen LogP) is 6.92. The fourth-order valence-electron chi connectivity index (χ4n) is 8.22. The molecule has 0 saturated carbocycles. The molecule has 0 bridgehead atoms. The molecule has 0 nitrogen and oxygen atoms in total. The maximum atomic E-state index is 14.5. The van der Waals surface area contributed by atoms with Gasteiger partial charge in [0.15, 0.2) is 0 Å². The summed E-state index contributed by atoms with van der Waals surface area (Å²) < 4.78 is 89.7. The van der Waals surface area contributed by atoms with Crippen molar-refractivity contribution in [2.75, 3.05) is 0 Å². The van der Waals surface area contributed by atoms with Gasteiger partial charge in [0.1, 0.15) is 0 Å². The van der Waals surface area contributed by atoms with Crippen LogP contribution in [0.25, 0.3) is 11.1 Å². The summed E-state index contributed by atoms with van der Waals surface area (Å²) >= 11 is -3.84. The molecule has 1 atom stereocenters. The summed E-state index contributed by atoms with van der Waals surface area (Å²) in [7, 11) is 0. The van der Waals surface area contributed by atoms with Crippen molar-refractivity contribution in [3.8, 4) is 11.1 Å². The maximum absolute atomic E-state index is 14.5. The molecule has 292 valence electrons. The molecule has 9 heteroatoms. The summed E-state index contributed by atoms with van der Waals surface area (Å²) in [4.78, 5) is 0. The van der Waals surface area contributed by atoms with Crippen molar-refractivity contribution < 1.29 is 72.4 Å². The Morgan fingerprint density at radius 3 is 1.65 bits per heavy atom. The quantitative estimate of drug-likeness (QED) is 0.169. The van der Waals surface area contributed by atoms with Crippen molar-refractivity contribution in [1.29, 1.82) is 0 Å². The molecular formula is C46H48Cl2F6Zr. The average molecular weight is 877 g/mol. The second-order valence-electron chi connectivity index (χ2n) is 17.1. The summed E-state index contributed by atoms with van der Waals surface area (Å²) in [5.41, 5.74) is 7.87. The van der Waals surface area contributed by atoms with E-state index in [1.807, 2.05) is 0 Å². The van der Waals surface area contributed by atoms with Gasteiger partial charge < -0.3 is 24.8 Å². The number of hydrogen-bond donors (Lipinski definition) is 0. The van der Waals surface area contributed by atoms with Gasteiger partial charge in [-0.3, -0.25) is 0 Å². The molecule has 0 saturated heterocycles. The first-order valence-corrected chi connectivity index (χ1v) is 22.0. The van der Waals surface area contributed by atoms with Crippen LogP contribution in [-0.2, 0) is 50.9 Å². The van der Waals surface area contributed by atoms with Crippen molar-refractivity contribution in [2.45, 2.75) is 98.8 Å². The second-order valence-corrected chi connectivity index (χ2v) is 22.7. The molecule has 55 heavy (non-hydrogen) atoms. The van der Waals surface area contributed by atoms with E-state index in [2.05, 4.69) is 106 Å². The van der Waals surface area contributed by atoms with Gasteiger partial charge in [-0.25, -0.2) is 0 Å². The van der Waals surface area contributed by atoms with Crippen LogP contribution in [0.2, 0.25) is 0 Å². The van der Waals surface area contributed by atoms with Gasteiger partial charge >= 0.3 is 320 Å². The SMILES string of the molecule is CC1=[C]([Zr+2](=[C](c2cccc(C(F)(F)F)c2)c2cccc(C(F)(F)F)c2)[c]2c(C(C)(C)C)ccc3c2Cc2cc(C(C)(C)C)ccc2-3)C(C)C=C1C(C)C.[Cl-].[Cl-]. The van der Waals surface area contributed by atoms with E-state index in [0.717, 1.165) is 55.4 Å². The van der Waals surface area contributed by atoms with E-state index < -0.39 is 44.7 Å². The van der Waals surface area contributed by atoms with E-state index in [1.54, 1.807) is 12.1 Å². The van der Waals surface area contributed by atoms with Crippen molar-refractivity contribution in [1.82, 2.24) is 0 Å². The smallest absolute Gasteiger partial charge is 1.00 e. The molecule has 0 fully saturated rings. The summed E-state index contributed by atoms with van der Waals surface area (Å²) in [5, 5.41) is 0. The van der Waals surface area contributed by atoms with Crippen LogP contribution in [0, 0.1) is 11.8 Å². The minimum absolute atomic E-state index is 0. The van der Waals surface area contributed by atoms with Gasteiger partial charge in [-0.15, -0.1) is 0 Å². The zero-order valence-electron chi connectivity index (χ0n) is 33.0. The summed E-state index contributed by atoms with van der Waals surface area (Å²) in [6, 6.07) is 21.6. The molecule has 2 aliphatic carbocycles. The standard InChI is InChI=1S/C21H25.C15H8F6.C10H15.2ClH.Zr/c1-20(2,3)16-7-9-18-14(12-16)11-15-13-17(21(4,5)6)8-10-19(15)18;16-14(17,18)12-5-1-3-10(8-12)7-11-4-2-6-13(9-11)15(19,20)21;1-7(2)10-6-8(3)5-9(10)4;;;/h7-10,12H,11H2,1-6H3;1-6,8-9H;6-8H,1-4H3;2*1H;/q;;;;;+2/p-2. The number of rotatable bonds is 5. The molecule has 0 spiro atoms. The summed E-state index contributed by atoms with van der Waals surface area (Å²) in [6.45, 7) is 21.6. The Hall–Kier alpha value is -2.73. The molecule has 4 aromatic rings. The fourth-order valence-corrected chi connectivity index (χ4v) is 18.0. The van der Waals surface area contributed by atoms with Gasteiger partial charge in [-0.1, -0.05) is 0 Å². The van der Waals surface area contributed by atoms with E-state index >= 15 is 0 Å². The number of allylic oxidation sites excluding steroid dienone is 4. The zero-order valence-corrected chi connectivity index (χ0v) is 36.9. The Bertz CT molecular complexity index is 2150. The van der Waals surface area contributed by atoms with E-state index in [9.17, 15) is 26.3 Å². The molecule has 1 unspecified atom stereocenters. The number of fused-ring (bicyclic) bond motifs is 3. The first-order valence-electron chi connectivity index (χ1n) is 18.3. The molecule has 6 rings (SSSR count). The zero-order chi connectivity index (χ0) is 39.0. The minimum atomic E-state index is -4.63. The molecule has 0 heterocycles. The topological polar surface area (TPSA) is 0 Å². The van der Waals surface area contributed by atoms with Crippen LogP contribution in [0.3, 0.4) is 0 Å². The van der Waals surface area contributed by atoms with Gasteiger partial charge in [-0.2, -0.15) is 0 Å². The van der Waals surface area contributed by atoms with E-state index in [-0.39, 0.29) is 47.5 Å². The number of hydrogen-bond acceptors (Lipinski definition) is 0. The number of halogens is 8. The fraction of sp³-hybridized carbons (Fsp3) is 0.370. The van der Waals surface area contributed by atoms with Crippen molar-refractivity contribution in [2.24, 2.45) is 11.8 Å². The van der Waals surface area contributed by atoms with Crippen LogP contribution in [-0.4, -0.2) is 3.21 Å². The monoisotopic (exact) mass is 874 g/mol. The third kappa shape index (κ3) is 8.75. The van der Waals surface area contributed by atoms with Crippen LogP contribution in [0.1, 0.15) is 114 Å². The van der Waals surface area contributed by atoms with Crippen LogP contribution in [0.4, 0.5) is 26.3 Å². The Morgan fingerprint density at radius 1 is 0.673 bits per heavy atom. The second kappa shape index (κ2) is 15.9. The van der Waals surface area contributed by atoms with Crippen LogP contribution < -0.4 is 28.1 Å². The Labute approximate surface area is 342 Å². The van der Waals surface area contributed by atoms with Crippen LogP contribution >= 0.6 is 0 Å². The van der Waals surface area contributed by atoms with Gasteiger partial charge in [-0.05, 0) is 0 Å². The van der Waals surface area contributed by atoms with Gasteiger partial charge in [0.25, 0.3) is 0 Å². The third-order valence-corrected chi connectivity index (χ3v) is 19.5. The Kier molecular flexibility index (Phi) is 13.0. The van der Waals surface area contributed by atoms with Crippen LogP contribution in [0.15, 0.2) is 99.4 Å².